The van der Waals surface area contributed by atoms with Crippen molar-refractivity contribution < 1.29 is 24.2 Å². The molecular formula is C29H34N2O5S. The van der Waals surface area contributed by atoms with Crippen molar-refractivity contribution in [2.45, 2.75) is 65.0 Å². The molecule has 0 radical (unpaired) electrons. The number of aromatic hydroxyl groups is 1. The van der Waals surface area contributed by atoms with Gasteiger partial charge in [0.1, 0.15) is 29.5 Å². The van der Waals surface area contributed by atoms with Crippen LogP contribution in [0.4, 0.5) is 4.79 Å². The first kappa shape index (κ1) is 25.7. The zero-order valence-electron chi connectivity index (χ0n) is 21.8. The van der Waals surface area contributed by atoms with Crippen molar-refractivity contribution in [3.05, 3.63) is 57.0 Å². The lowest BCUT2D eigenvalue weighted by atomic mass is 9.87. The number of hydrogen-bond acceptors (Lipinski definition) is 7. The largest absolute Gasteiger partial charge is 0.507 e. The van der Waals surface area contributed by atoms with Crippen molar-refractivity contribution >= 4 is 29.0 Å². The van der Waals surface area contributed by atoms with Gasteiger partial charge in [-0.1, -0.05) is 12.1 Å². The van der Waals surface area contributed by atoms with Crippen LogP contribution in [0.5, 0.6) is 17.2 Å². The number of phenols is 1. The molecule has 37 heavy (non-hydrogen) atoms. The Hall–Kier alpha value is -2.97. The summed E-state index contributed by atoms with van der Waals surface area (Å²) in [5.74, 6) is 1.77. The molecule has 2 fully saturated rings. The number of amides is 2. The summed E-state index contributed by atoms with van der Waals surface area (Å²) in [4.78, 5) is 26.0. The molecule has 196 valence electrons. The van der Waals surface area contributed by atoms with E-state index in [1.807, 2.05) is 45.0 Å². The number of phenolic OH excluding ortho intramolecular Hbond substituents is 1. The molecule has 2 saturated heterocycles. The summed E-state index contributed by atoms with van der Waals surface area (Å²) in [6.07, 6.45) is 5.74. The van der Waals surface area contributed by atoms with Crippen molar-refractivity contribution in [1.82, 2.24) is 10.2 Å². The van der Waals surface area contributed by atoms with Gasteiger partial charge in [0.25, 0.3) is 11.1 Å². The molecule has 2 N–H and O–H groups in total. The molecule has 2 amide bonds. The molecule has 7 nitrogen and oxygen atoms in total. The lowest BCUT2D eigenvalue weighted by Crippen LogP contribution is -2.50. The van der Waals surface area contributed by atoms with E-state index in [9.17, 15) is 14.7 Å². The van der Waals surface area contributed by atoms with E-state index < -0.39 is 0 Å². The summed E-state index contributed by atoms with van der Waals surface area (Å²) in [5, 5.41) is 12.4. The van der Waals surface area contributed by atoms with Gasteiger partial charge in [0, 0.05) is 18.2 Å². The minimum absolute atomic E-state index is 0.294. The maximum absolute atomic E-state index is 11.8. The highest BCUT2D eigenvalue weighted by molar-refractivity contribution is 8.18. The Morgan fingerprint density at radius 2 is 1.95 bits per heavy atom. The lowest BCUT2D eigenvalue weighted by Gasteiger charge is -2.41. The molecule has 8 heteroatoms. The quantitative estimate of drug-likeness (QED) is 0.500. The van der Waals surface area contributed by atoms with Crippen molar-refractivity contribution in [2.75, 3.05) is 19.7 Å². The molecule has 2 aromatic carbocycles. The van der Waals surface area contributed by atoms with Crippen molar-refractivity contribution in [2.24, 2.45) is 0 Å². The van der Waals surface area contributed by atoms with Gasteiger partial charge in [0.2, 0.25) is 0 Å². The van der Waals surface area contributed by atoms with Crippen LogP contribution in [-0.4, -0.2) is 52.5 Å². The van der Waals surface area contributed by atoms with Crippen LogP contribution in [0.1, 0.15) is 54.0 Å². The van der Waals surface area contributed by atoms with E-state index in [1.54, 1.807) is 6.08 Å². The van der Waals surface area contributed by atoms with Crippen LogP contribution in [-0.2, 0) is 11.2 Å². The first-order valence-corrected chi connectivity index (χ1v) is 13.7. The number of likely N-dealkylation sites (tertiary alicyclic amines) is 1. The Bertz CT molecular complexity index is 1270. The van der Waals surface area contributed by atoms with E-state index in [1.165, 1.54) is 0 Å². The fourth-order valence-electron chi connectivity index (χ4n) is 5.55. The summed E-state index contributed by atoms with van der Waals surface area (Å²) in [6, 6.07) is 7.90. The van der Waals surface area contributed by atoms with E-state index in [4.69, 9.17) is 9.47 Å². The highest BCUT2D eigenvalue weighted by Crippen LogP contribution is 2.43. The molecule has 3 heterocycles. The molecule has 5 rings (SSSR count). The van der Waals surface area contributed by atoms with Crippen molar-refractivity contribution in [1.29, 1.82) is 0 Å². The minimum Gasteiger partial charge on any atom is -0.507 e. The summed E-state index contributed by atoms with van der Waals surface area (Å²) in [7, 11) is 0. The Kier molecular flexibility index (Phi) is 6.98. The minimum atomic E-state index is -0.352. The fourth-order valence-corrected chi connectivity index (χ4v) is 6.24. The normalized spacial score (nSPS) is 24.8. The Balaban J connectivity index is 1.21. The number of nitrogens with zero attached hydrogens (tertiary/aromatic N) is 1. The second kappa shape index (κ2) is 10.1. The van der Waals surface area contributed by atoms with Crippen LogP contribution in [0.3, 0.4) is 0 Å². The van der Waals surface area contributed by atoms with Crippen molar-refractivity contribution in [3.8, 4) is 17.2 Å². The summed E-state index contributed by atoms with van der Waals surface area (Å²) < 4.78 is 12.8. The fraction of sp³-hybridized carbons (Fsp3) is 0.448. The monoisotopic (exact) mass is 522 g/mol. The number of nitrogens with one attached hydrogen (secondary N) is 1. The standard InChI is InChI=1S/C29H34N2O5S/c1-17-18(2)26-23(19(3)25(17)32)11-12-29(4,36-26)16-31-13-5-6-21(31)15-35-22-9-7-20(8-10-22)14-24-27(33)30-28(34)37-24/h7-10,14,21,32H,5-6,11-13,15-16H2,1-4H3,(H,30,33,34)/b24-14-/t21-,29?/m0/s1. The van der Waals surface area contributed by atoms with Gasteiger partial charge in [0.05, 0.1) is 4.91 Å². The van der Waals surface area contributed by atoms with Crippen LogP contribution < -0.4 is 14.8 Å². The number of hydrogen-bond donors (Lipinski definition) is 2. The molecule has 0 bridgehead atoms. The van der Waals surface area contributed by atoms with E-state index in [2.05, 4.69) is 17.1 Å². The topological polar surface area (TPSA) is 88.1 Å². The van der Waals surface area contributed by atoms with E-state index in [0.29, 0.717) is 23.3 Å². The number of fused-ring (bicyclic) bond motifs is 1. The average molecular weight is 523 g/mol. The molecule has 2 atom stereocenters. The number of rotatable bonds is 6. The predicted molar refractivity (Wildman–Crippen MR) is 145 cm³/mol. The number of benzene rings is 2. The van der Waals surface area contributed by atoms with Gasteiger partial charge in [0.15, 0.2) is 0 Å². The number of thioether (sulfide) groups is 1. The van der Waals surface area contributed by atoms with Gasteiger partial charge in [-0.3, -0.25) is 19.8 Å². The molecule has 2 aromatic rings. The van der Waals surface area contributed by atoms with Crippen LogP contribution in [0.2, 0.25) is 0 Å². The summed E-state index contributed by atoms with van der Waals surface area (Å²) >= 11 is 0.916. The molecule has 3 aliphatic heterocycles. The van der Waals surface area contributed by atoms with E-state index in [-0.39, 0.29) is 16.7 Å². The third-order valence-electron chi connectivity index (χ3n) is 7.89. The second-order valence-corrected chi connectivity index (χ2v) is 11.6. The first-order chi connectivity index (χ1) is 17.6. The highest BCUT2D eigenvalue weighted by Gasteiger charge is 2.39. The average Bonchev–Trinajstić information content (AvgIpc) is 3.44. The Morgan fingerprint density at radius 3 is 2.65 bits per heavy atom. The Morgan fingerprint density at radius 1 is 1.19 bits per heavy atom. The van der Waals surface area contributed by atoms with Crippen molar-refractivity contribution in [3.63, 3.8) is 0 Å². The van der Waals surface area contributed by atoms with Gasteiger partial charge in [-0.25, -0.2) is 0 Å². The van der Waals surface area contributed by atoms with Crippen LogP contribution in [0.15, 0.2) is 29.2 Å². The zero-order chi connectivity index (χ0) is 26.3. The van der Waals surface area contributed by atoms with Crippen LogP contribution in [0.25, 0.3) is 6.08 Å². The molecule has 1 unspecified atom stereocenters. The molecular weight excluding hydrogens is 488 g/mol. The third kappa shape index (κ3) is 5.22. The van der Waals surface area contributed by atoms with E-state index >= 15 is 0 Å². The maximum Gasteiger partial charge on any atom is 0.290 e. The first-order valence-electron chi connectivity index (χ1n) is 12.9. The maximum atomic E-state index is 11.8. The molecule has 0 spiro atoms. The highest BCUT2D eigenvalue weighted by atomic mass is 32.2. The summed E-state index contributed by atoms with van der Waals surface area (Å²) in [5.41, 5.74) is 4.55. The molecule has 3 aliphatic rings. The Labute approximate surface area is 222 Å². The lowest BCUT2D eigenvalue weighted by molar-refractivity contribution is -0.115. The van der Waals surface area contributed by atoms with Gasteiger partial charge >= 0.3 is 0 Å². The van der Waals surface area contributed by atoms with Gasteiger partial charge < -0.3 is 14.6 Å². The van der Waals surface area contributed by atoms with Gasteiger partial charge in [-0.15, -0.1) is 0 Å². The predicted octanol–water partition coefficient (Wildman–Crippen LogP) is 5.27. The number of ether oxygens (including phenoxy) is 2. The molecule has 0 aliphatic carbocycles. The smallest absolute Gasteiger partial charge is 0.290 e. The number of carbonyl (C=O) groups excluding carboxylic acids is 2. The second-order valence-electron chi connectivity index (χ2n) is 10.6. The number of carbonyl (C=O) groups is 2. The van der Waals surface area contributed by atoms with E-state index in [0.717, 1.165) is 89.9 Å². The van der Waals surface area contributed by atoms with Crippen LogP contribution in [0, 0.1) is 20.8 Å². The zero-order valence-corrected chi connectivity index (χ0v) is 22.7. The third-order valence-corrected chi connectivity index (χ3v) is 8.70. The van der Waals surface area contributed by atoms with Crippen LogP contribution >= 0.6 is 11.8 Å². The number of imide groups is 1. The summed E-state index contributed by atoms with van der Waals surface area (Å²) in [6.45, 7) is 10.6. The molecule has 0 saturated carbocycles. The SMILES string of the molecule is Cc1c(C)c2c(c(C)c1O)CCC(C)(CN1CCC[C@H]1COc1ccc(/C=C3\SC(=O)NC3=O)cc1)O2. The van der Waals surface area contributed by atoms with Gasteiger partial charge in [-0.2, -0.15) is 0 Å². The molecule has 0 aromatic heterocycles. The van der Waals surface area contributed by atoms with Gasteiger partial charge in [-0.05, 0) is 112 Å².